The van der Waals surface area contributed by atoms with Gasteiger partial charge in [-0.25, -0.2) is 0 Å². The number of piperazine rings is 1. The molecular weight excluding hydrogens is 513 g/mol. The van der Waals surface area contributed by atoms with Crippen molar-refractivity contribution in [1.82, 2.24) is 29.9 Å². The molecule has 0 spiro atoms. The van der Waals surface area contributed by atoms with Crippen LogP contribution in [0.4, 0.5) is 0 Å². The summed E-state index contributed by atoms with van der Waals surface area (Å²) in [6.45, 7) is 11.1. The van der Waals surface area contributed by atoms with E-state index in [2.05, 4.69) is 68.0 Å². The molecule has 2 aliphatic rings. The van der Waals surface area contributed by atoms with Crippen molar-refractivity contribution in [3.05, 3.63) is 47.5 Å². The molecule has 4 rings (SSSR count). The predicted octanol–water partition coefficient (Wildman–Crippen LogP) is 3.47. The number of aliphatic imine (C=N–C) groups is 1. The van der Waals surface area contributed by atoms with E-state index in [1.165, 1.54) is 36.8 Å². The van der Waals surface area contributed by atoms with Crippen LogP contribution < -0.4 is 5.32 Å². The molecule has 8 heteroatoms. The van der Waals surface area contributed by atoms with Crippen molar-refractivity contribution in [1.29, 1.82) is 0 Å². The van der Waals surface area contributed by atoms with Crippen LogP contribution in [0.3, 0.4) is 0 Å². The number of hydrogen-bond acceptors (Lipinski definition) is 4. The topological polar surface area (TPSA) is 61.6 Å². The lowest BCUT2D eigenvalue weighted by Crippen LogP contribution is -2.53. The summed E-state index contributed by atoms with van der Waals surface area (Å²) in [5.41, 5.74) is 2.75. The largest absolute Gasteiger partial charge is 0.354 e. The molecule has 1 aliphatic carbocycles. The summed E-state index contributed by atoms with van der Waals surface area (Å²) in [5, 5.41) is 12.0. The van der Waals surface area contributed by atoms with E-state index in [9.17, 15) is 0 Å². The molecule has 32 heavy (non-hydrogen) atoms. The number of guanidine groups is 1. The lowest BCUT2D eigenvalue weighted by atomic mass is 10.1. The van der Waals surface area contributed by atoms with Gasteiger partial charge in [-0.3, -0.25) is 9.89 Å². The minimum absolute atomic E-state index is 0. The van der Waals surface area contributed by atoms with Crippen LogP contribution in [0.2, 0.25) is 0 Å². The minimum atomic E-state index is 0. The summed E-state index contributed by atoms with van der Waals surface area (Å²) in [7, 11) is 0. The first-order chi connectivity index (χ1) is 15.2. The smallest absolute Gasteiger partial charge is 0.194 e. The van der Waals surface area contributed by atoms with Crippen molar-refractivity contribution >= 4 is 29.9 Å². The zero-order valence-corrected chi connectivity index (χ0v) is 21.9. The average Bonchev–Trinajstić information content (AvgIpc) is 3.45. The molecule has 1 saturated heterocycles. The number of rotatable bonds is 7. The molecule has 1 aromatic heterocycles. The Morgan fingerprint density at radius 3 is 2.66 bits per heavy atom. The van der Waals surface area contributed by atoms with Gasteiger partial charge in [0.2, 0.25) is 0 Å². The van der Waals surface area contributed by atoms with E-state index >= 15 is 0 Å². The van der Waals surface area contributed by atoms with Crippen molar-refractivity contribution < 1.29 is 0 Å². The highest BCUT2D eigenvalue weighted by atomic mass is 127. The Bertz CT molecular complexity index is 852. The second kappa shape index (κ2) is 12.5. The second-order valence-electron chi connectivity index (χ2n) is 8.88. The van der Waals surface area contributed by atoms with E-state index in [4.69, 9.17) is 4.99 Å². The fourth-order valence-corrected chi connectivity index (χ4v) is 4.68. The Morgan fingerprint density at radius 1 is 1.16 bits per heavy atom. The van der Waals surface area contributed by atoms with Gasteiger partial charge in [0.1, 0.15) is 12.2 Å². The van der Waals surface area contributed by atoms with Gasteiger partial charge in [-0.2, -0.15) is 0 Å². The van der Waals surface area contributed by atoms with Crippen LogP contribution in [-0.4, -0.2) is 69.3 Å². The van der Waals surface area contributed by atoms with E-state index in [0.29, 0.717) is 6.04 Å². The number of aryl methyl sites for hydroxylation is 2. The van der Waals surface area contributed by atoms with Gasteiger partial charge >= 0.3 is 0 Å². The Kier molecular flexibility index (Phi) is 9.77. The maximum absolute atomic E-state index is 5.02. The molecule has 0 unspecified atom stereocenters. The summed E-state index contributed by atoms with van der Waals surface area (Å²) < 4.78 is 2.12. The molecule has 0 radical (unpaired) electrons. The van der Waals surface area contributed by atoms with E-state index in [1.807, 2.05) is 6.33 Å². The zero-order chi connectivity index (χ0) is 21.5. The molecule has 2 aromatic rings. The number of benzene rings is 1. The van der Waals surface area contributed by atoms with Gasteiger partial charge < -0.3 is 14.8 Å². The van der Waals surface area contributed by atoms with Crippen LogP contribution in [0, 0.1) is 6.92 Å². The first-order valence-electron chi connectivity index (χ1n) is 11.9. The van der Waals surface area contributed by atoms with Crippen molar-refractivity contribution in [3.8, 4) is 0 Å². The van der Waals surface area contributed by atoms with Gasteiger partial charge in [0.05, 0.1) is 6.54 Å². The van der Waals surface area contributed by atoms with Crippen molar-refractivity contribution in [2.75, 3.05) is 32.7 Å². The normalized spacial score (nSPS) is 18.1. The zero-order valence-electron chi connectivity index (χ0n) is 19.5. The molecule has 2 heterocycles. The lowest BCUT2D eigenvalue weighted by Gasteiger charge is -2.37. The van der Waals surface area contributed by atoms with E-state index in [-0.39, 0.29) is 24.0 Å². The standard InChI is InChI=1S/C24H37N7.HI/c1-3-23-28-26-19-31(23)12-11-25-24(27-22-9-4-5-10-22)30-15-13-29(14-16-30)18-21-8-6-7-20(2)17-21;/h6-8,17,19,22H,3-5,9-16,18H2,1-2H3,(H,25,27);1H. The highest BCUT2D eigenvalue weighted by Gasteiger charge is 2.23. The van der Waals surface area contributed by atoms with Gasteiger partial charge in [0, 0.05) is 51.7 Å². The van der Waals surface area contributed by atoms with Gasteiger partial charge in [0.25, 0.3) is 0 Å². The SMILES string of the molecule is CCc1nncn1CCN=C(NC1CCCC1)N1CCN(Cc2cccc(C)c2)CC1.I. The number of halogens is 1. The van der Waals surface area contributed by atoms with Crippen LogP contribution >= 0.6 is 24.0 Å². The Morgan fingerprint density at radius 2 is 1.94 bits per heavy atom. The van der Waals surface area contributed by atoms with Crippen LogP contribution in [0.15, 0.2) is 35.6 Å². The summed E-state index contributed by atoms with van der Waals surface area (Å²) in [6.07, 6.45) is 7.91. The maximum Gasteiger partial charge on any atom is 0.194 e. The second-order valence-corrected chi connectivity index (χ2v) is 8.88. The Hall–Kier alpha value is -1.68. The molecule has 1 aromatic carbocycles. The highest BCUT2D eigenvalue weighted by Crippen LogP contribution is 2.18. The molecule has 2 fully saturated rings. The van der Waals surface area contributed by atoms with Crippen LogP contribution in [0.5, 0.6) is 0 Å². The summed E-state index contributed by atoms with van der Waals surface area (Å²) in [4.78, 5) is 10.0. The average molecular weight is 552 g/mol. The molecular formula is C24H38IN7. The van der Waals surface area contributed by atoms with Crippen molar-refractivity contribution in [2.45, 2.75) is 65.1 Å². The quantitative estimate of drug-likeness (QED) is 0.325. The van der Waals surface area contributed by atoms with E-state index in [1.54, 1.807) is 0 Å². The summed E-state index contributed by atoms with van der Waals surface area (Å²) in [5.74, 6) is 2.12. The predicted molar refractivity (Wildman–Crippen MR) is 141 cm³/mol. The fraction of sp³-hybridized carbons (Fsp3) is 0.625. The summed E-state index contributed by atoms with van der Waals surface area (Å²) >= 11 is 0. The van der Waals surface area contributed by atoms with E-state index in [0.717, 1.165) is 64.0 Å². The number of nitrogens with one attached hydrogen (secondary N) is 1. The molecule has 1 aliphatic heterocycles. The van der Waals surface area contributed by atoms with Gasteiger partial charge in [-0.1, -0.05) is 49.6 Å². The van der Waals surface area contributed by atoms with Crippen LogP contribution in [0.25, 0.3) is 0 Å². The van der Waals surface area contributed by atoms with Gasteiger partial charge in [0.15, 0.2) is 5.96 Å². The fourth-order valence-electron chi connectivity index (χ4n) is 4.68. The molecule has 7 nitrogen and oxygen atoms in total. The molecule has 0 atom stereocenters. The van der Waals surface area contributed by atoms with Crippen LogP contribution in [0.1, 0.15) is 49.6 Å². The first-order valence-corrected chi connectivity index (χ1v) is 11.9. The number of hydrogen-bond donors (Lipinski definition) is 1. The maximum atomic E-state index is 5.02. The number of nitrogens with zero attached hydrogens (tertiary/aromatic N) is 6. The Balaban J connectivity index is 0.00000289. The highest BCUT2D eigenvalue weighted by molar-refractivity contribution is 14.0. The van der Waals surface area contributed by atoms with Crippen molar-refractivity contribution in [3.63, 3.8) is 0 Å². The monoisotopic (exact) mass is 551 g/mol. The minimum Gasteiger partial charge on any atom is -0.354 e. The molecule has 1 saturated carbocycles. The molecule has 0 amide bonds. The summed E-state index contributed by atoms with van der Waals surface area (Å²) in [6, 6.07) is 9.45. The lowest BCUT2D eigenvalue weighted by molar-refractivity contribution is 0.171. The van der Waals surface area contributed by atoms with Gasteiger partial charge in [-0.05, 0) is 25.3 Å². The van der Waals surface area contributed by atoms with Crippen LogP contribution in [-0.2, 0) is 19.5 Å². The van der Waals surface area contributed by atoms with Gasteiger partial charge in [-0.15, -0.1) is 34.2 Å². The van der Waals surface area contributed by atoms with E-state index < -0.39 is 0 Å². The Labute approximate surface area is 209 Å². The molecule has 0 bridgehead atoms. The number of aromatic nitrogens is 3. The third-order valence-electron chi connectivity index (χ3n) is 6.46. The molecule has 176 valence electrons. The van der Waals surface area contributed by atoms with Crippen molar-refractivity contribution in [2.24, 2.45) is 4.99 Å². The third-order valence-corrected chi connectivity index (χ3v) is 6.46. The molecule has 1 N–H and O–H groups in total. The third kappa shape index (κ3) is 6.91. The first kappa shape index (κ1) is 25.0.